The Hall–Kier alpha value is -2.15. The zero-order valence-electron chi connectivity index (χ0n) is 12.6. The van der Waals surface area contributed by atoms with Crippen molar-refractivity contribution in [3.63, 3.8) is 0 Å². The minimum absolute atomic E-state index is 0.223. The highest BCUT2D eigenvalue weighted by atomic mass is 16.5. The number of aliphatic hydroxyl groups is 1. The summed E-state index contributed by atoms with van der Waals surface area (Å²) in [5.41, 5.74) is 0.511. The van der Waals surface area contributed by atoms with Crippen LogP contribution in [0.25, 0.3) is 0 Å². The highest BCUT2D eigenvalue weighted by Gasteiger charge is 2.31. The van der Waals surface area contributed by atoms with Crippen molar-refractivity contribution < 1.29 is 14.4 Å². The molecule has 2 aromatic rings. The summed E-state index contributed by atoms with van der Waals surface area (Å²) >= 11 is 0. The van der Waals surface area contributed by atoms with Crippen molar-refractivity contribution in [2.45, 2.75) is 44.8 Å². The van der Waals surface area contributed by atoms with Crippen molar-refractivity contribution in [2.24, 2.45) is 0 Å². The van der Waals surface area contributed by atoms with E-state index in [4.69, 9.17) is 4.52 Å². The van der Waals surface area contributed by atoms with E-state index in [2.05, 4.69) is 15.6 Å². The molecule has 0 saturated heterocycles. The smallest absolute Gasteiger partial charge is 0.273 e. The fraction of sp³-hybridized carbons (Fsp3) is 0.533. The van der Waals surface area contributed by atoms with Gasteiger partial charge in [-0.05, 0) is 25.3 Å². The van der Waals surface area contributed by atoms with Gasteiger partial charge < -0.3 is 14.9 Å². The minimum atomic E-state index is -0.769. The van der Waals surface area contributed by atoms with E-state index in [9.17, 15) is 9.90 Å². The monoisotopic (exact) mass is 304 g/mol. The second-order valence-corrected chi connectivity index (χ2v) is 6.01. The molecular weight excluding hydrogens is 284 g/mol. The van der Waals surface area contributed by atoms with Crippen LogP contribution in [0.15, 0.2) is 23.0 Å². The Bertz CT molecular complexity index is 655. The predicted octanol–water partition coefficient (Wildman–Crippen LogP) is 1.26. The molecule has 7 nitrogen and oxygen atoms in total. The Balaban J connectivity index is 1.57. The zero-order valence-corrected chi connectivity index (χ0v) is 12.6. The van der Waals surface area contributed by atoms with Gasteiger partial charge >= 0.3 is 0 Å². The lowest BCUT2D eigenvalue weighted by molar-refractivity contribution is 0.0447. The molecule has 1 aliphatic carbocycles. The number of carbonyl (C=O) groups is 1. The minimum Gasteiger partial charge on any atom is -0.388 e. The van der Waals surface area contributed by atoms with Gasteiger partial charge in [0.05, 0.1) is 11.8 Å². The highest BCUT2D eigenvalue weighted by Crippen LogP contribution is 2.28. The summed E-state index contributed by atoms with van der Waals surface area (Å²) in [4.78, 5) is 12.0. The summed E-state index contributed by atoms with van der Waals surface area (Å²) in [6.45, 7) is 2.64. The highest BCUT2D eigenvalue weighted by molar-refractivity contribution is 5.92. The van der Waals surface area contributed by atoms with Crippen LogP contribution in [0.1, 0.15) is 47.5 Å². The van der Waals surface area contributed by atoms with Crippen LogP contribution in [0.5, 0.6) is 0 Å². The first-order chi connectivity index (χ1) is 10.5. The Morgan fingerprint density at radius 2 is 2.27 bits per heavy atom. The molecule has 1 fully saturated rings. The lowest BCUT2D eigenvalue weighted by atomic mass is 10.0. The zero-order chi connectivity index (χ0) is 15.6. The topological polar surface area (TPSA) is 93.2 Å². The van der Waals surface area contributed by atoms with Gasteiger partial charge in [0.15, 0.2) is 11.5 Å². The first-order valence-corrected chi connectivity index (χ1v) is 7.49. The van der Waals surface area contributed by atoms with E-state index >= 15 is 0 Å². The number of rotatable bonds is 5. The molecule has 0 bridgehead atoms. The average molecular weight is 304 g/mol. The van der Waals surface area contributed by atoms with E-state index in [1.54, 1.807) is 16.9 Å². The van der Waals surface area contributed by atoms with Gasteiger partial charge in [-0.15, -0.1) is 0 Å². The fourth-order valence-electron chi connectivity index (χ4n) is 2.75. The number of nitrogens with zero attached hydrogens (tertiary/aromatic N) is 3. The summed E-state index contributed by atoms with van der Waals surface area (Å²) in [6.07, 6.45) is 7.11. The second kappa shape index (κ2) is 5.92. The largest absolute Gasteiger partial charge is 0.388 e. The SMILES string of the molecule is Cc1cnn(Cc2cc(C(=O)NCC3(O)CCCC3)no2)c1. The Kier molecular flexibility index (Phi) is 3.98. The van der Waals surface area contributed by atoms with Crippen LogP contribution in [0.2, 0.25) is 0 Å². The molecule has 1 amide bonds. The Morgan fingerprint density at radius 3 is 2.95 bits per heavy atom. The van der Waals surface area contributed by atoms with Gasteiger partial charge in [0.25, 0.3) is 5.91 Å². The fourth-order valence-corrected chi connectivity index (χ4v) is 2.75. The molecule has 22 heavy (non-hydrogen) atoms. The van der Waals surface area contributed by atoms with Crippen LogP contribution in [0.3, 0.4) is 0 Å². The summed E-state index contributed by atoms with van der Waals surface area (Å²) < 4.78 is 6.88. The van der Waals surface area contributed by atoms with Gasteiger partial charge in [0.2, 0.25) is 0 Å². The van der Waals surface area contributed by atoms with Crippen LogP contribution >= 0.6 is 0 Å². The third-order valence-electron chi connectivity index (χ3n) is 3.98. The molecule has 0 aromatic carbocycles. The maximum atomic E-state index is 12.0. The second-order valence-electron chi connectivity index (χ2n) is 6.01. The molecule has 118 valence electrons. The summed E-state index contributed by atoms with van der Waals surface area (Å²) in [5, 5.41) is 20.9. The first kappa shape index (κ1) is 14.8. The number of carbonyl (C=O) groups excluding carboxylic acids is 1. The Morgan fingerprint density at radius 1 is 1.50 bits per heavy atom. The molecule has 0 unspecified atom stereocenters. The molecule has 0 atom stereocenters. The van der Waals surface area contributed by atoms with E-state index < -0.39 is 5.60 Å². The van der Waals surface area contributed by atoms with Gasteiger partial charge in [0, 0.05) is 18.8 Å². The number of aryl methyl sites for hydroxylation is 1. The molecular formula is C15H20N4O3. The van der Waals surface area contributed by atoms with E-state index in [-0.39, 0.29) is 18.1 Å². The van der Waals surface area contributed by atoms with Crippen molar-refractivity contribution in [3.8, 4) is 0 Å². The molecule has 1 saturated carbocycles. The molecule has 2 N–H and O–H groups in total. The molecule has 3 rings (SSSR count). The molecule has 0 radical (unpaired) electrons. The third kappa shape index (κ3) is 3.36. The normalized spacial score (nSPS) is 16.8. The van der Waals surface area contributed by atoms with E-state index in [1.165, 1.54) is 0 Å². The van der Waals surface area contributed by atoms with Crippen molar-refractivity contribution in [1.29, 1.82) is 0 Å². The number of hydrogen-bond acceptors (Lipinski definition) is 5. The quantitative estimate of drug-likeness (QED) is 0.867. The lowest BCUT2D eigenvalue weighted by Crippen LogP contribution is -2.40. The predicted molar refractivity (Wildman–Crippen MR) is 78.3 cm³/mol. The standard InChI is InChI=1S/C15H20N4O3/c1-11-7-17-19(8-11)9-12-6-13(18-22-12)14(20)16-10-15(21)4-2-3-5-15/h6-8,21H,2-5,9-10H2,1H3,(H,16,20). The lowest BCUT2D eigenvalue weighted by Gasteiger charge is -2.21. The Labute approximate surface area is 128 Å². The summed E-state index contributed by atoms with van der Waals surface area (Å²) in [7, 11) is 0. The van der Waals surface area contributed by atoms with Crippen molar-refractivity contribution >= 4 is 5.91 Å². The van der Waals surface area contributed by atoms with Crippen LogP contribution in [-0.4, -0.2) is 38.1 Å². The van der Waals surface area contributed by atoms with Crippen LogP contribution < -0.4 is 5.32 Å². The van der Waals surface area contributed by atoms with Crippen LogP contribution in [0, 0.1) is 6.92 Å². The molecule has 2 aromatic heterocycles. The van der Waals surface area contributed by atoms with Crippen molar-refractivity contribution in [1.82, 2.24) is 20.3 Å². The van der Waals surface area contributed by atoms with E-state index in [1.807, 2.05) is 13.1 Å². The molecule has 0 spiro atoms. The molecule has 1 aliphatic rings. The number of hydrogen-bond donors (Lipinski definition) is 2. The maximum Gasteiger partial charge on any atom is 0.273 e. The van der Waals surface area contributed by atoms with Crippen molar-refractivity contribution in [3.05, 3.63) is 35.5 Å². The molecule has 2 heterocycles. The van der Waals surface area contributed by atoms with Gasteiger partial charge in [-0.25, -0.2) is 0 Å². The van der Waals surface area contributed by atoms with E-state index in [0.717, 1.165) is 31.2 Å². The van der Waals surface area contributed by atoms with E-state index in [0.29, 0.717) is 12.3 Å². The number of amides is 1. The summed E-state index contributed by atoms with van der Waals surface area (Å²) in [6, 6.07) is 1.60. The summed E-state index contributed by atoms with van der Waals surface area (Å²) in [5.74, 6) is 0.236. The average Bonchev–Trinajstić information content (AvgIpc) is 3.20. The number of nitrogens with one attached hydrogen (secondary N) is 1. The van der Waals surface area contributed by atoms with Crippen LogP contribution in [-0.2, 0) is 6.54 Å². The number of aromatic nitrogens is 3. The first-order valence-electron chi connectivity index (χ1n) is 7.49. The van der Waals surface area contributed by atoms with Gasteiger partial charge in [0.1, 0.15) is 6.54 Å². The van der Waals surface area contributed by atoms with Gasteiger partial charge in [-0.1, -0.05) is 18.0 Å². The van der Waals surface area contributed by atoms with Gasteiger partial charge in [-0.3, -0.25) is 9.48 Å². The van der Waals surface area contributed by atoms with Crippen LogP contribution in [0.4, 0.5) is 0 Å². The molecule has 0 aliphatic heterocycles. The third-order valence-corrected chi connectivity index (χ3v) is 3.98. The van der Waals surface area contributed by atoms with Crippen molar-refractivity contribution in [2.75, 3.05) is 6.54 Å². The molecule has 7 heteroatoms. The maximum absolute atomic E-state index is 12.0. The van der Waals surface area contributed by atoms with Gasteiger partial charge in [-0.2, -0.15) is 5.10 Å².